The smallest absolute Gasteiger partial charge is 0.353 e. The minimum absolute atomic E-state index is 0.280. The first-order valence-electron chi connectivity index (χ1n) is 11.8. The highest BCUT2D eigenvalue weighted by molar-refractivity contribution is 5.94. The average Bonchev–Trinajstić information content (AvgIpc) is 3.49. The van der Waals surface area contributed by atoms with Crippen LogP contribution in [0.2, 0.25) is 0 Å². The van der Waals surface area contributed by atoms with E-state index in [0.29, 0.717) is 51.8 Å². The van der Waals surface area contributed by atoms with Gasteiger partial charge in [-0.2, -0.15) is 18.3 Å². The molecule has 0 bridgehead atoms. The van der Waals surface area contributed by atoms with Crippen LogP contribution in [0.5, 0.6) is 0 Å². The Kier molecular flexibility index (Phi) is 5.57. The molecule has 0 unspecified atom stereocenters. The molecule has 0 saturated heterocycles. The van der Waals surface area contributed by atoms with Gasteiger partial charge < -0.3 is 15.2 Å². The van der Waals surface area contributed by atoms with Crippen molar-refractivity contribution in [2.24, 2.45) is 0 Å². The molecule has 0 radical (unpaired) electrons. The van der Waals surface area contributed by atoms with Crippen LogP contribution in [-0.4, -0.2) is 25.8 Å². The molecule has 2 aromatic carbocycles. The van der Waals surface area contributed by atoms with E-state index >= 15 is 0 Å². The summed E-state index contributed by atoms with van der Waals surface area (Å²) < 4.78 is 48.0. The van der Waals surface area contributed by atoms with Crippen LogP contribution in [0.15, 0.2) is 59.4 Å². The number of aryl methyl sites for hydroxylation is 1. The summed E-state index contributed by atoms with van der Waals surface area (Å²) in [4.78, 5) is 4.29. The highest BCUT2D eigenvalue weighted by atomic mass is 19.4. The van der Waals surface area contributed by atoms with E-state index in [2.05, 4.69) is 37.7 Å². The van der Waals surface area contributed by atoms with Crippen LogP contribution in [0, 0.1) is 18.8 Å². The Morgan fingerprint density at radius 3 is 2.81 bits per heavy atom. The Hall–Kier alpha value is -4.36. The first-order valence-corrected chi connectivity index (χ1v) is 11.8. The lowest BCUT2D eigenvalue weighted by Gasteiger charge is -2.13. The molecule has 1 saturated carbocycles. The highest BCUT2D eigenvalue weighted by Gasteiger charge is 2.31. The Bertz CT molecular complexity index is 1690. The van der Waals surface area contributed by atoms with Gasteiger partial charge in [-0.25, -0.2) is 9.50 Å². The number of anilines is 2. The van der Waals surface area contributed by atoms with Gasteiger partial charge >= 0.3 is 6.18 Å². The van der Waals surface area contributed by atoms with Gasteiger partial charge in [0.25, 0.3) is 0 Å². The van der Waals surface area contributed by atoms with Crippen molar-refractivity contribution in [3.63, 3.8) is 0 Å². The lowest BCUT2D eigenvalue weighted by Crippen LogP contribution is -2.16. The summed E-state index contributed by atoms with van der Waals surface area (Å²) in [5.41, 5.74) is 3.34. The lowest BCUT2D eigenvalue weighted by atomic mass is 10.1. The highest BCUT2D eigenvalue weighted by Crippen LogP contribution is 2.35. The predicted octanol–water partition coefficient (Wildman–Crippen LogP) is 5.59. The van der Waals surface area contributed by atoms with E-state index in [1.165, 1.54) is 6.07 Å². The number of nitrogens with zero attached hydrogens (tertiary/aromatic N) is 4. The van der Waals surface area contributed by atoms with Gasteiger partial charge in [0.2, 0.25) is 0 Å². The van der Waals surface area contributed by atoms with Crippen LogP contribution >= 0.6 is 0 Å². The van der Waals surface area contributed by atoms with Crippen LogP contribution in [0.3, 0.4) is 0 Å². The SMILES string of the molecule is Cc1ccc2c(Nc3cc(CNC4CC4)cc(C(F)(F)F)c3)noc2c1C#Cc1cnc2cccnn12. The second-order valence-electron chi connectivity index (χ2n) is 9.05. The Labute approximate surface area is 209 Å². The third-order valence-corrected chi connectivity index (χ3v) is 6.20. The van der Waals surface area contributed by atoms with Gasteiger partial charge in [-0.05, 0) is 73.2 Å². The number of fused-ring (bicyclic) bond motifs is 2. The Balaban J connectivity index is 1.34. The van der Waals surface area contributed by atoms with Gasteiger partial charge in [0.05, 0.1) is 22.7 Å². The maximum atomic E-state index is 13.6. The van der Waals surface area contributed by atoms with Crippen molar-refractivity contribution >= 4 is 28.1 Å². The number of hydrogen-bond donors (Lipinski definition) is 2. The number of rotatable bonds is 5. The van der Waals surface area contributed by atoms with E-state index < -0.39 is 11.7 Å². The third-order valence-electron chi connectivity index (χ3n) is 6.20. The first kappa shape index (κ1) is 23.1. The molecule has 37 heavy (non-hydrogen) atoms. The molecule has 10 heteroatoms. The van der Waals surface area contributed by atoms with Crippen LogP contribution in [0.4, 0.5) is 24.7 Å². The summed E-state index contributed by atoms with van der Waals surface area (Å²) in [6.45, 7) is 2.26. The lowest BCUT2D eigenvalue weighted by molar-refractivity contribution is -0.137. The van der Waals surface area contributed by atoms with E-state index in [0.717, 1.165) is 24.5 Å². The molecule has 3 aromatic heterocycles. The standard InChI is InChI=1S/C27H21F3N6O/c1-16-4-8-23-25(22(16)9-7-21-15-32-24-3-2-10-33-36(21)24)37-35-26(23)34-20-12-17(14-31-19-5-6-19)11-18(13-20)27(28,29)30/h2-4,8,10-13,15,19,31H,5-6,14H2,1H3,(H,34,35). The monoisotopic (exact) mass is 502 g/mol. The van der Waals surface area contributed by atoms with Crippen molar-refractivity contribution in [3.05, 3.63) is 82.8 Å². The second-order valence-corrected chi connectivity index (χ2v) is 9.05. The van der Waals surface area contributed by atoms with E-state index in [4.69, 9.17) is 4.52 Å². The van der Waals surface area contributed by atoms with Crippen molar-refractivity contribution in [1.82, 2.24) is 25.1 Å². The summed E-state index contributed by atoms with van der Waals surface area (Å²) in [6, 6.07) is 11.6. The molecule has 2 N–H and O–H groups in total. The van der Waals surface area contributed by atoms with Gasteiger partial charge in [0, 0.05) is 24.5 Å². The molecular weight excluding hydrogens is 481 g/mol. The van der Waals surface area contributed by atoms with Crippen molar-refractivity contribution in [3.8, 4) is 11.8 Å². The number of hydrogen-bond acceptors (Lipinski definition) is 6. The second kappa shape index (κ2) is 8.94. The van der Waals surface area contributed by atoms with Crippen LogP contribution in [0.25, 0.3) is 16.6 Å². The summed E-state index contributed by atoms with van der Waals surface area (Å²) in [7, 11) is 0. The van der Waals surface area contributed by atoms with Gasteiger partial charge in [-0.3, -0.25) is 0 Å². The van der Waals surface area contributed by atoms with E-state index in [1.807, 2.05) is 25.1 Å². The number of imidazole rings is 1. The fourth-order valence-corrected chi connectivity index (χ4v) is 4.11. The molecule has 1 aliphatic rings. The fraction of sp³-hybridized carbons (Fsp3) is 0.222. The topological polar surface area (TPSA) is 80.3 Å². The molecule has 1 aliphatic carbocycles. The van der Waals surface area contributed by atoms with Crippen LogP contribution in [0.1, 0.15) is 40.8 Å². The Morgan fingerprint density at radius 1 is 1.14 bits per heavy atom. The minimum Gasteiger partial charge on any atom is -0.353 e. The molecule has 0 spiro atoms. The minimum atomic E-state index is -4.47. The van der Waals surface area contributed by atoms with Crippen molar-refractivity contribution in [2.75, 3.05) is 5.32 Å². The zero-order chi connectivity index (χ0) is 25.6. The van der Waals surface area contributed by atoms with Gasteiger partial charge in [0.15, 0.2) is 17.0 Å². The quantitative estimate of drug-likeness (QED) is 0.305. The van der Waals surface area contributed by atoms with Crippen molar-refractivity contribution in [2.45, 2.75) is 38.5 Å². The van der Waals surface area contributed by atoms with Gasteiger partial charge in [-0.1, -0.05) is 17.1 Å². The molecule has 3 heterocycles. The van der Waals surface area contributed by atoms with Crippen LogP contribution in [-0.2, 0) is 12.7 Å². The molecule has 6 rings (SSSR count). The average molecular weight is 503 g/mol. The normalized spacial score (nSPS) is 13.6. The molecular formula is C27H21F3N6O. The van der Waals surface area contributed by atoms with Crippen LogP contribution < -0.4 is 10.6 Å². The molecule has 0 amide bonds. The Morgan fingerprint density at radius 2 is 2.00 bits per heavy atom. The number of alkyl halides is 3. The molecule has 0 atom stereocenters. The molecule has 1 fully saturated rings. The van der Waals surface area contributed by atoms with Crippen molar-refractivity contribution < 1.29 is 17.7 Å². The third kappa shape index (κ3) is 4.73. The summed E-state index contributed by atoms with van der Waals surface area (Å²) in [5, 5.41) is 15.3. The zero-order valence-corrected chi connectivity index (χ0v) is 19.7. The molecule has 5 aromatic rings. The number of benzene rings is 2. The molecule has 186 valence electrons. The first-order chi connectivity index (χ1) is 17.8. The van der Waals surface area contributed by atoms with Crippen molar-refractivity contribution in [1.29, 1.82) is 0 Å². The molecule has 7 nitrogen and oxygen atoms in total. The molecule has 0 aliphatic heterocycles. The number of aromatic nitrogens is 4. The summed E-state index contributed by atoms with van der Waals surface area (Å²) in [5.74, 6) is 6.53. The maximum absolute atomic E-state index is 13.6. The largest absolute Gasteiger partial charge is 0.416 e. The zero-order valence-electron chi connectivity index (χ0n) is 19.7. The number of nitrogens with one attached hydrogen (secondary N) is 2. The predicted molar refractivity (Wildman–Crippen MR) is 132 cm³/mol. The fourth-order valence-electron chi connectivity index (χ4n) is 4.11. The van der Waals surface area contributed by atoms with Gasteiger partial charge in [0.1, 0.15) is 5.69 Å². The number of halogens is 3. The van der Waals surface area contributed by atoms with Gasteiger partial charge in [-0.15, -0.1) is 0 Å². The van der Waals surface area contributed by atoms with E-state index in [9.17, 15) is 13.2 Å². The summed E-state index contributed by atoms with van der Waals surface area (Å²) in [6.07, 6.45) is 0.925. The summed E-state index contributed by atoms with van der Waals surface area (Å²) >= 11 is 0. The maximum Gasteiger partial charge on any atom is 0.416 e. The van der Waals surface area contributed by atoms with E-state index in [-0.39, 0.29) is 5.69 Å². The van der Waals surface area contributed by atoms with E-state index in [1.54, 1.807) is 29.0 Å².